The Kier molecular flexibility index (Phi) is 6.87. The third-order valence-corrected chi connectivity index (χ3v) is 7.52. The average molecular weight is 480 g/mol. The van der Waals surface area contributed by atoms with Gasteiger partial charge in [0.15, 0.2) is 5.13 Å². The zero-order chi connectivity index (χ0) is 22.6. The number of hydrogen-bond acceptors (Lipinski definition) is 8. The molecule has 3 rings (SSSR count). The van der Waals surface area contributed by atoms with Crippen LogP contribution >= 0.6 is 23.1 Å². The number of sulfonamides is 1. The van der Waals surface area contributed by atoms with Crippen LogP contribution in [0.5, 0.6) is 0 Å². The highest BCUT2D eigenvalue weighted by molar-refractivity contribution is 8.00. The van der Waals surface area contributed by atoms with E-state index in [1.54, 1.807) is 12.4 Å². The number of anilines is 1. The van der Waals surface area contributed by atoms with Crippen LogP contribution in [0.25, 0.3) is 6.08 Å². The summed E-state index contributed by atoms with van der Waals surface area (Å²) in [5.74, 6) is 0.844. The molecule has 164 valence electrons. The third kappa shape index (κ3) is 6.42. The minimum atomic E-state index is -3.81. The van der Waals surface area contributed by atoms with E-state index >= 15 is 0 Å². The highest BCUT2D eigenvalue weighted by atomic mass is 32.2. The lowest BCUT2D eigenvalue weighted by Crippen LogP contribution is -2.12. The van der Waals surface area contributed by atoms with Gasteiger partial charge in [-0.1, -0.05) is 44.2 Å². The topological polar surface area (TPSA) is 122 Å². The molecule has 0 amide bonds. The number of aliphatic carboxylic acids is 1. The van der Waals surface area contributed by atoms with Crippen molar-refractivity contribution in [1.29, 1.82) is 0 Å². The molecule has 2 N–H and O–H groups in total. The van der Waals surface area contributed by atoms with Gasteiger partial charge in [-0.05, 0) is 23.8 Å². The first-order valence-electron chi connectivity index (χ1n) is 9.11. The van der Waals surface area contributed by atoms with E-state index in [-0.39, 0.29) is 15.4 Å². The fourth-order valence-electron chi connectivity index (χ4n) is 2.33. The number of hydrogen-bond donors (Lipinski definition) is 2. The van der Waals surface area contributed by atoms with Gasteiger partial charge in [-0.3, -0.25) is 4.72 Å². The van der Waals surface area contributed by atoms with Crippen LogP contribution in [0.15, 0.2) is 56.3 Å². The quantitative estimate of drug-likeness (QED) is 0.354. The van der Waals surface area contributed by atoms with Crippen LogP contribution in [-0.4, -0.2) is 29.5 Å². The van der Waals surface area contributed by atoms with Crippen LogP contribution in [0.1, 0.15) is 38.0 Å². The monoisotopic (exact) mass is 479 g/mol. The lowest BCUT2D eigenvalue weighted by molar-refractivity contribution is -0.131. The molecule has 0 radical (unpaired) electrons. The van der Waals surface area contributed by atoms with Gasteiger partial charge in [0.05, 0.1) is 27.3 Å². The number of oxazole rings is 1. The number of carbonyl (C=O) groups is 1. The van der Waals surface area contributed by atoms with E-state index in [4.69, 9.17) is 9.52 Å². The van der Waals surface area contributed by atoms with Gasteiger partial charge in [0.1, 0.15) is 5.76 Å². The maximum atomic E-state index is 12.6. The summed E-state index contributed by atoms with van der Waals surface area (Å²) in [4.78, 5) is 19.0. The van der Waals surface area contributed by atoms with Crippen LogP contribution < -0.4 is 4.72 Å². The smallest absolute Gasteiger partial charge is 0.328 e. The van der Waals surface area contributed by atoms with Gasteiger partial charge in [-0.2, -0.15) is 0 Å². The van der Waals surface area contributed by atoms with Crippen molar-refractivity contribution < 1.29 is 22.7 Å². The number of benzene rings is 1. The van der Waals surface area contributed by atoms with Gasteiger partial charge in [0.25, 0.3) is 10.0 Å². The van der Waals surface area contributed by atoms with Crippen LogP contribution in [0.4, 0.5) is 5.13 Å². The summed E-state index contributed by atoms with van der Waals surface area (Å²) < 4.78 is 34.2. The van der Waals surface area contributed by atoms with Crippen LogP contribution in [0, 0.1) is 0 Å². The molecule has 0 fully saturated rings. The maximum Gasteiger partial charge on any atom is 0.328 e. The molecule has 2 heterocycles. The summed E-state index contributed by atoms with van der Waals surface area (Å²) in [6.45, 7) is 6.14. The van der Waals surface area contributed by atoms with Gasteiger partial charge in [0.2, 0.25) is 5.89 Å². The number of carboxylic acid groups (broad SMARTS) is 1. The number of nitrogens with one attached hydrogen (secondary N) is 1. The second-order valence-corrected chi connectivity index (χ2v) is 11.5. The standard InChI is InChI=1S/C20H21N3O5S3/c1-20(2,3)15-10-21-16(28-15)12-29-18-11-22-19(30-18)23-31(26,27)14-7-4-13(5-8-14)6-9-17(24)25/h4-11H,12H2,1-3H3,(H,22,23)(H,24,25). The molecule has 3 aromatic rings. The summed E-state index contributed by atoms with van der Waals surface area (Å²) in [5.41, 5.74) is 0.465. The molecule has 11 heteroatoms. The van der Waals surface area contributed by atoms with E-state index in [0.29, 0.717) is 17.2 Å². The lowest BCUT2D eigenvalue weighted by atomic mass is 9.94. The van der Waals surface area contributed by atoms with Gasteiger partial charge in [-0.25, -0.2) is 23.2 Å². The first-order valence-corrected chi connectivity index (χ1v) is 12.4. The van der Waals surface area contributed by atoms with Crippen LogP contribution in [-0.2, 0) is 26.0 Å². The predicted octanol–water partition coefficient (Wildman–Crippen LogP) is 4.62. The van der Waals surface area contributed by atoms with Gasteiger partial charge >= 0.3 is 5.97 Å². The molecular formula is C20H21N3O5S3. The fourth-order valence-corrected chi connectivity index (χ4v) is 5.30. The summed E-state index contributed by atoms with van der Waals surface area (Å²) in [6.07, 6.45) is 5.69. The van der Waals surface area contributed by atoms with Crippen molar-refractivity contribution in [2.24, 2.45) is 0 Å². The number of thiazole rings is 1. The maximum absolute atomic E-state index is 12.6. The Balaban J connectivity index is 1.62. The highest BCUT2D eigenvalue weighted by Gasteiger charge is 2.20. The number of thioether (sulfide) groups is 1. The third-order valence-electron chi connectivity index (χ3n) is 3.95. The summed E-state index contributed by atoms with van der Waals surface area (Å²) in [7, 11) is -3.81. The van der Waals surface area contributed by atoms with E-state index in [1.807, 2.05) is 20.8 Å². The minimum Gasteiger partial charge on any atom is -0.478 e. The van der Waals surface area contributed by atoms with Crippen LogP contribution in [0.3, 0.4) is 0 Å². The van der Waals surface area contributed by atoms with Gasteiger partial charge in [-0.15, -0.1) is 11.8 Å². The van der Waals surface area contributed by atoms with Crippen molar-refractivity contribution in [3.05, 3.63) is 59.9 Å². The second-order valence-electron chi connectivity index (χ2n) is 7.49. The average Bonchev–Trinajstić information content (AvgIpc) is 3.34. The van der Waals surface area contributed by atoms with Crippen molar-refractivity contribution in [3.8, 4) is 0 Å². The Morgan fingerprint density at radius 3 is 2.55 bits per heavy atom. The Morgan fingerprint density at radius 1 is 1.23 bits per heavy atom. The number of nitrogens with zero attached hydrogens (tertiary/aromatic N) is 2. The molecule has 0 aliphatic heterocycles. The number of carboxylic acids is 1. The molecule has 0 saturated heterocycles. The number of rotatable bonds is 8. The van der Waals surface area contributed by atoms with Gasteiger partial charge < -0.3 is 9.52 Å². The molecule has 0 saturated carbocycles. The summed E-state index contributed by atoms with van der Waals surface area (Å²) in [5, 5.41) is 8.90. The predicted molar refractivity (Wildman–Crippen MR) is 121 cm³/mol. The lowest BCUT2D eigenvalue weighted by Gasteiger charge is -2.12. The van der Waals surface area contributed by atoms with E-state index in [9.17, 15) is 13.2 Å². The van der Waals surface area contributed by atoms with Crippen molar-refractivity contribution in [1.82, 2.24) is 9.97 Å². The molecule has 0 atom stereocenters. The first kappa shape index (κ1) is 23.0. The van der Waals surface area contributed by atoms with Crippen molar-refractivity contribution in [2.45, 2.75) is 41.0 Å². The largest absolute Gasteiger partial charge is 0.478 e. The van der Waals surface area contributed by atoms with E-state index < -0.39 is 16.0 Å². The van der Waals surface area contributed by atoms with Crippen molar-refractivity contribution >= 4 is 50.3 Å². The summed E-state index contributed by atoms with van der Waals surface area (Å²) >= 11 is 2.68. The summed E-state index contributed by atoms with van der Waals surface area (Å²) in [6, 6.07) is 5.86. The molecule has 0 unspecified atom stereocenters. The fraction of sp³-hybridized carbons (Fsp3) is 0.250. The molecule has 31 heavy (non-hydrogen) atoms. The Morgan fingerprint density at radius 2 is 1.94 bits per heavy atom. The molecule has 0 aliphatic carbocycles. The highest BCUT2D eigenvalue weighted by Crippen LogP contribution is 2.32. The molecular weight excluding hydrogens is 458 g/mol. The van der Waals surface area contributed by atoms with Gasteiger partial charge in [0, 0.05) is 11.5 Å². The first-order chi connectivity index (χ1) is 14.5. The zero-order valence-corrected chi connectivity index (χ0v) is 19.5. The minimum absolute atomic E-state index is 0.0545. The molecule has 8 nitrogen and oxygen atoms in total. The normalized spacial score (nSPS) is 12.4. The molecule has 1 aromatic carbocycles. The Hall–Kier alpha value is -2.63. The molecule has 0 spiro atoms. The molecule has 2 aromatic heterocycles. The van der Waals surface area contributed by atoms with Crippen LogP contribution in [0.2, 0.25) is 0 Å². The Labute approximate surface area is 188 Å². The molecule has 0 bridgehead atoms. The Bertz CT molecular complexity index is 1190. The van der Waals surface area contributed by atoms with Crippen molar-refractivity contribution in [3.63, 3.8) is 0 Å². The zero-order valence-electron chi connectivity index (χ0n) is 17.0. The van der Waals surface area contributed by atoms with E-state index in [2.05, 4.69) is 14.7 Å². The van der Waals surface area contributed by atoms with Crippen molar-refractivity contribution in [2.75, 3.05) is 4.72 Å². The molecule has 0 aliphatic rings. The van der Waals surface area contributed by atoms with E-state index in [0.717, 1.165) is 16.0 Å². The second kappa shape index (κ2) is 9.25. The van der Waals surface area contributed by atoms with E-state index in [1.165, 1.54) is 53.4 Å². The SMILES string of the molecule is CC(C)(C)c1cnc(CSc2cnc(NS(=O)(=O)c3ccc(C=CC(=O)O)cc3)s2)o1. The number of aromatic nitrogens is 2.